The molecule has 3 rings (SSSR count). The third-order valence-corrected chi connectivity index (χ3v) is 3.95. The maximum atomic E-state index is 6.09. The highest BCUT2D eigenvalue weighted by Gasteiger charge is 2.27. The lowest BCUT2D eigenvalue weighted by Gasteiger charge is -2.10. The van der Waals surface area contributed by atoms with Gasteiger partial charge in [0, 0.05) is 16.0 Å². The van der Waals surface area contributed by atoms with E-state index in [1.807, 2.05) is 12.1 Å². The molecule has 0 spiro atoms. The normalized spacial score (nSPS) is 13.6. The van der Waals surface area contributed by atoms with Crippen molar-refractivity contribution in [1.82, 2.24) is 0 Å². The van der Waals surface area contributed by atoms with Crippen molar-refractivity contribution in [2.45, 2.75) is 19.3 Å². The van der Waals surface area contributed by atoms with Crippen LogP contribution in [0.3, 0.4) is 0 Å². The molecule has 0 fully saturated rings. The van der Waals surface area contributed by atoms with Crippen LogP contribution in [0.5, 0.6) is 0 Å². The SMILES string of the molecule is CCC1c2cc(Cl)ccc2-c2ccc(Cl)cc21. The summed E-state index contributed by atoms with van der Waals surface area (Å²) in [7, 11) is 0. The molecule has 2 aromatic carbocycles. The molecule has 0 bridgehead atoms. The van der Waals surface area contributed by atoms with Crippen LogP contribution in [-0.4, -0.2) is 0 Å². The number of benzene rings is 2. The van der Waals surface area contributed by atoms with Gasteiger partial charge in [0.2, 0.25) is 0 Å². The number of fused-ring (bicyclic) bond motifs is 3. The van der Waals surface area contributed by atoms with E-state index < -0.39 is 0 Å². The van der Waals surface area contributed by atoms with Gasteiger partial charge < -0.3 is 0 Å². The van der Waals surface area contributed by atoms with Gasteiger partial charge in [0.05, 0.1) is 0 Å². The van der Waals surface area contributed by atoms with Crippen molar-refractivity contribution < 1.29 is 0 Å². The molecule has 17 heavy (non-hydrogen) atoms. The molecule has 2 aromatic rings. The highest BCUT2D eigenvalue weighted by atomic mass is 35.5. The molecule has 0 aliphatic heterocycles. The second-order valence-corrected chi connectivity index (χ2v) is 5.30. The van der Waals surface area contributed by atoms with E-state index in [-0.39, 0.29) is 0 Å². The second-order valence-electron chi connectivity index (χ2n) is 4.42. The minimum absolute atomic E-state index is 0.428. The summed E-state index contributed by atoms with van der Waals surface area (Å²) in [5.41, 5.74) is 5.26. The molecule has 1 aliphatic carbocycles. The van der Waals surface area contributed by atoms with Crippen LogP contribution in [0.15, 0.2) is 36.4 Å². The molecular weight excluding hydrogens is 251 g/mol. The van der Waals surface area contributed by atoms with Crippen molar-refractivity contribution in [1.29, 1.82) is 0 Å². The Labute approximate surface area is 111 Å². The average molecular weight is 263 g/mol. The highest BCUT2D eigenvalue weighted by Crippen LogP contribution is 2.47. The summed E-state index contributed by atoms with van der Waals surface area (Å²) >= 11 is 12.2. The molecule has 0 heterocycles. The lowest BCUT2D eigenvalue weighted by molar-refractivity contribution is 0.797. The Bertz CT molecular complexity index is 536. The van der Waals surface area contributed by atoms with Crippen LogP contribution in [0, 0.1) is 0 Å². The summed E-state index contributed by atoms with van der Waals surface area (Å²) in [6.07, 6.45) is 1.07. The van der Waals surface area contributed by atoms with Gasteiger partial charge in [0.1, 0.15) is 0 Å². The van der Waals surface area contributed by atoms with Gasteiger partial charge in [-0.2, -0.15) is 0 Å². The Morgan fingerprint density at radius 1 is 0.882 bits per heavy atom. The monoisotopic (exact) mass is 262 g/mol. The van der Waals surface area contributed by atoms with Gasteiger partial charge >= 0.3 is 0 Å². The van der Waals surface area contributed by atoms with E-state index in [4.69, 9.17) is 23.2 Å². The summed E-state index contributed by atoms with van der Waals surface area (Å²) in [4.78, 5) is 0. The molecular formula is C15H12Cl2. The van der Waals surface area contributed by atoms with E-state index in [0.717, 1.165) is 16.5 Å². The van der Waals surface area contributed by atoms with Gasteiger partial charge in [-0.05, 0) is 52.9 Å². The molecule has 0 atom stereocenters. The predicted molar refractivity (Wildman–Crippen MR) is 74.0 cm³/mol. The molecule has 0 saturated carbocycles. The van der Waals surface area contributed by atoms with Gasteiger partial charge in [0.25, 0.3) is 0 Å². The summed E-state index contributed by atoms with van der Waals surface area (Å²) < 4.78 is 0. The first kappa shape index (κ1) is 11.1. The number of rotatable bonds is 1. The first-order valence-corrected chi connectivity index (χ1v) is 6.55. The van der Waals surface area contributed by atoms with Gasteiger partial charge in [-0.3, -0.25) is 0 Å². The minimum atomic E-state index is 0.428. The van der Waals surface area contributed by atoms with Gasteiger partial charge in [-0.1, -0.05) is 42.3 Å². The molecule has 0 amide bonds. The van der Waals surface area contributed by atoms with Crippen LogP contribution in [0.1, 0.15) is 30.4 Å². The summed E-state index contributed by atoms with van der Waals surface area (Å²) in [5, 5.41) is 1.61. The Hall–Kier alpha value is -0.980. The summed E-state index contributed by atoms with van der Waals surface area (Å²) in [6, 6.07) is 12.3. The fourth-order valence-corrected chi connectivity index (χ4v) is 3.10. The molecule has 0 radical (unpaired) electrons. The zero-order chi connectivity index (χ0) is 12.0. The summed E-state index contributed by atoms with van der Waals surface area (Å²) in [6.45, 7) is 2.20. The maximum absolute atomic E-state index is 6.09. The zero-order valence-corrected chi connectivity index (χ0v) is 11.0. The lowest BCUT2D eigenvalue weighted by Crippen LogP contribution is -1.93. The van der Waals surface area contributed by atoms with Crippen molar-refractivity contribution in [3.63, 3.8) is 0 Å². The zero-order valence-electron chi connectivity index (χ0n) is 9.50. The predicted octanol–water partition coefficient (Wildman–Crippen LogP) is 5.52. The summed E-state index contributed by atoms with van der Waals surface area (Å²) in [5.74, 6) is 0.428. The highest BCUT2D eigenvalue weighted by molar-refractivity contribution is 6.31. The lowest BCUT2D eigenvalue weighted by atomic mass is 9.95. The van der Waals surface area contributed by atoms with Crippen molar-refractivity contribution >= 4 is 23.2 Å². The molecule has 1 aliphatic rings. The van der Waals surface area contributed by atoms with Crippen molar-refractivity contribution in [3.05, 3.63) is 57.6 Å². The van der Waals surface area contributed by atoms with E-state index in [1.54, 1.807) is 0 Å². The van der Waals surface area contributed by atoms with E-state index in [0.29, 0.717) is 5.92 Å². The minimum Gasteiger partial charge on any atom is -0.0843 e. The van der Waals surface area contributed by atoms with Crippen molar-refractivity contribution in [2.24, 2.45) is 0 Å². The van der Waals surface area contributed by atoms with Gasteiger partial charge in [-0.25, -0.2) is 0 Å². The molecule has 0 aromatic heterocycles. The number of halogens is 2. The van der Waals surface area contributed by atoms with Crippen molar-refractivity contribution in [3.8, 4) is 11.1 Å². The quantitative estimate of drug-likeness (QED) is 0.635. The van der Waals surface area contributed by atoms with E-state index in [1.165, 1.54) is 22.3 Å². The third-order valence-electron chi connectivity index (χ3n) is 3.48. The second kappa shape index (κ2) is 4.04. The number of hydrogen-bond acceptors (Lipinski definition) is 0. The van der Waals surface area contributed by atoms with Crippen molar-refractivity contribution in [2.75, 3.05) is 0 Å². The number of hydrogen-bond donors (Lipinski definition) is 0. The van der Waals surface area contributed by atoms with Crippen LogP contribution in [-0.2, 0) is 0 Å². The first-order chi connectivity index (χ1) is 8.20. The molecule has 0 unspecified atom stereocenters. The van der Waals surface area contributed by atoms with Crippen LogP contribution < -0.4 is 0 Å². The average Bonchev–Trinajstić information content (AvgIpc) is 2.60. The molecule has 0 N–H and O–H groups in total. The van der Waals surface area contributed by atoms with E-state index in [9.17, 15) is 0 Å². The van der Waals surface area contributed by atoms with Crippen LogP contribution in [0.2, 0.25) is 10.0 Å². The Kier molecular flexibility index (Phi) is 2.65. The van der Waals surface area contributed by atoms with E-state index >= 15 is 0 Å². The van der Waals surface area contributed by atoms with Crippen LogP contribution in [0.4, 0.5) is 0 Å². The van der Waals surface area contributed by atoms with E-state index in [2.05, 4.69) is 31.2 Å². The fourth-order valence-electron chi connectivity index (χ4n) is 2.74. The molecule has 0 saturated heterocycles. The molecule has 86 valence electrons. The van der Waals surface area contributed by atoms with Crippen LogP contribution in [0.25, 0.3) is 11.1 Å². The Balaban J connectivity index is 2.28. The Morgan fingerprint density at radius 2 is 1.35 bits per heavy atom. The first-order valence-electron chi connectivity index (χ1n) is 5.80. The third kappa shape index (κ3) is 1.67. The standard InChI is InChI=1S/C15H12Cl2/c1-2-11-14-7-9(16)3-5-12(14)13-6-4-10(17)8-15(11)13/h3-8,11H,2H2,1H3. The largest absolute Gasteiger partial charge is 0.0843 e. The Morgan fingerprint density at radius 3 is 1.76 bits per heavy atom. The smallest absolute Gasteiger partial charge is 0.0409 e. The molecule has 2 heteroatoms. The maximum Gasteiger partial charge on any atom is 0.0409 e. The topological polar surface area (TPSA) is 0 Å². The van der Waals surface area contributed by atoms with Gasteiger partial charge in [-0.15, -0.1) is 0 Å². The van der Waals surface area contributed by atoms with Crippen LogP contribution >= 0.6 is 23.2 Å². The molecule has 0 nitrogen and oxygen atoms in total. The fraction of sp³-hybridized carbons (Fsp3) is 0.200. The van der Waals surface area contributed by atoms with Gasteiger partial charge in [0.15, 0.2) is 0 Å².